The van der Waals surface area contributed by atoms with Crippen LogP contribution in [0.3, 0.4) is 0 Å². The summed E-state index contributed by atoms with van der Waals surface area (Å²) in [5.74, 6) is -0.278. The fourth-order valence-electron chi connectivity index (χ4n) is 0.424. The van der Waals surface area contributed by atoms with Crippen molar-refractivity contribution in [3.05, 3.63) is 11.5 Å². The van der Waals surface area contributed by atoms with Crippen LogP contribution in [-0.4, -0.2) is 24.3 Å². The molecule has 0 radical (unpaired) electrons. The second-order valence-electron chi connectivity index (χ2n) is 2.40. The first kappa shape index (κ1) is 20.4. The van der Waals surface area contributed by atoms with E-state index in [1.165, 1.54) is 0 Å². The summed E-state index contributed by atoms with van der Waals surface area (Å²) in [7, 11) is 1.69. The molecule has 0 rings (SSSR count). The van der Waals surface area contributed by atoms with E-state index < -0.39 is 5.65 Å². The third kappa shape index (κ3) is 29.3. The number of ether oxygens (including phenoxy) is 1. The second-order valence-corrected chi connectivity index (χ2v) is 2.93. The van der Waals surface area contributed by atoms with Crippen molar-refractivity contribution in [3.8, 4) is 0 Å². The van der Waals surface area contributed by atoms with E-state index in [1.54, 1.807) is 23.1 Å². The standard InChI is InChI=1S/C6H12NO2.CH4NOP.K/c1-5(2)9-6(8)3-4-7;2-1(3)4;/h5,7H,3-4H2,1-2H3;4H2,(H2,2,3);/q-1;;+1/p-1. The molecule has 0 fully saturated rings. The van der Waals surface area contributed by atoms with Gasteiger partial charge in [-0.1, -0.05) is 9.24 Å². The van der Waals surface area contributed by atoms with Gasteiger partial charge in [-0.3, -0.25) is 4.79 Å². The summed E-state index contributed by atoms with van der Waals surface area (Å²) in [4.78, 5) is 19.6. The summed E-state index contributed by atoms with van der Waals surface area (Å²) >= 11 is 0. The number of amides is 1. The molecule has 1 unspecified atom stereocenters. The number of rotatable bonds is 3. The molecule has 78 valence electrons. The molecule has 7 heteroatoms. The van der Waals surface area contributed by atoms with Crippen LogP contribution in [0.2, 0.25) is 0 Å². The Morgan fingerprint density at radius 1 is 1.43 bits per heavy atom. The van der Waals surface area contributed by atoms with E-state index in [4.69, 9.17) is 21.0 Å². The minimum atomic E-state index is -0.667. The van der Waals surface area contributed by atoms with Gasteiger partial charge in [0.1, 0.15) is 0 Å². The van der Waals surface area contributed by atoms with E-state index in [1.807, 2.05) is 0 Å². The van der Waals surface area contributed by atoms with Gasteiger partial charge >= 0.3 is 57.4 Å². The van der Waals surface area contributed by atoms with Crippen LogP contribution in [0.25, 0.3) is 11.5 Å². The number of carbonyl (C=O) groups excluding carboxylic acids is 2. The molecule has 0 aliphatic carbocycles. The van der Waals surface area contributed by atoms with Gasteiger partial charge in [-0.05, 0) is 13.8 Å². The van der Waals surface area contributed by atoms with Gasteiger partial charge in [-0.25, -0.2) is 0 Å². The monoisotopic (exact) mass is 245 g/mol. The van der Waals surface area contributed by atoms with Crippen LogP contribution in [0.1, 0.15) is 20.3 Å². The maximum atomic E-state index is 10.5. The number of hydrogen-bond donors (Lipinski definition) is 0. The Labute approximate surface area is 129 Å². The zero-order valence-electron chi connectivity index (χ0n) is 8.79. The molecule has 0 saturated carbocycles. The van der Waals surface area contributed by atoms with Gasteiger partial charge in [0.05, 0.1) is 11.8 Å². The summed E-state index contributed by atoms with van der Waals surface area (Å²) in [5.41, 5.74) is 11.9. The summed E-state index contributed by atoms with van der Waals surface area (Å²) in [5, 5.41) is 0. The predicted molar refractivity (Wildman–Crippen MR) is 54.5 cm³/mol. The molecule has 0 aliphatic rings. The van der Waals surface area contributed by atoms with Crippen molar-refractivity contribution < 1.29 is 65.7 Å². The van der Waals surface area contributed by atoms with Crippen molar-refractivity contribution >= 4 is 20.9 Å². The summed E-state index contributed by atoms with van der Waals surface area (Å²) in [6.45, 7) is 3.70. The molecular formula is C7H15KN2O3P-. The maximum Gasteiger partial charge on any atom is 1.00 e. The third-order valence-corrected chi connectivity index (χ3v) is 0.696. The molecule has 1 amide bonds. The molecular weight excluding hydrogens is 230 g/mol. The van der Waals surface area contributed by atoms with Crippen molar-refractivity contribution in [1.29, 1.82) is 0 Å². The van der Waals surface area contributed by atoms with Crippen LogP contribution in [-0.2, 0) is 9.53 Å². The van der Waals surface area contributed by atoms with Crippen LogP contribution in [0.15, 0.2) is 0 Å². The molecule has 0 aromatic heterocycles. The molecule has 0 aromatic rings. The van der Waals surface area contributed by atoms with Crippen LogP contribution in [0.5, 0.6) is 0 Å². The maximum absolute atomic E-state index is 10.5. The average molecular weight is 245 g/mol. The Balaban J connectivity index is -0.000000209. The molecule has 0 bridgehead atoms. The quantitative estimate of drug-likeness (QED) is 0.378. The topological polar surface area (TPSA) is 91.0 Å². The van der Waals surface area contributed by atoms with E-state index in [-0.39, 0.29) is 76.4 Å². The van der Waals surface area contributed by atoms with Crippen LogP contribution in [0, 0.1) is 0 Å². The molecule has 0 aromatic carbocycles. The minimum absolute atomic E-state index is 0. The fourth-order valence-corrected chi connectivity index (χ4v) is 0.424. The largest absolute Gasteiger partial charge is 1.00 e. The zero-order valence-corrected chi connectivity index (χ0v) is 13.1. The first-order valence-electron chi connectivity index (χ1n) is 3.75. The first-order valence-corrected chi connectivity index (χ1v) is 4.33. The number of carbonyl (C=O) groups is 2. The smallest absolute Gasteiger partial charge is 0.677 e. The minimum Gasteiger partial charge on any atom is -0.677 e. The van der Waals surface area contributed by atoms with Gasteiger partial charge in [0, 0.05) is 6.42 Å². The molecule has 1 atom stereocenters. The molecule has 0 heterocycles. The normalized spacial score (nSPS) is 8.07. The summed E-state index contributed by atoms with van der Waals surface area (Å²) in [6.07, 6.45) is 0.155. The van der Waals surface area contributed by atoms with Crippen molar-refractivity contribution in [2.24, 2.45) is 0 Å². The summed E-state index contributed by atoms with van der Waals surface area (Å²) in [6, 6.07) is 0. The van der Waals surface area contributed by atoms with Gasteiger partial charge in [0.15, 0.2) is 0 Å². The second kappa shape index (κ2) is 14.0. The van der Waals surface area contributed by atoms with E-state index in [0.717, 1.165) is 0 Å². The molecule has 14 heavy (non-hydrogen) atoms. The first-order chi connectivity index (χ1) is 5.90. The van der Waals surface area contributed by atoms with E-state index in [0.29, 0.717) is 0 Å². The Morgan fingerprint density at radius 3 is 2.00 bits per heavy atom. The van der Waals surface area contributed by atoms with Gasteiger partial charge in [0.25, 0.3) is 0 Å². The molecule has 0 aliphatic heterocycles. The Hall–Kier alpha value is 0.966. The Morgan fingerprint density at radius 2 is 1.79 bits per heavy atom. The van der Waals surface area contributed by atoms with Gasteiger partial charge in [-0.2, -0.15) is 0 Å². The number of esters is 1. The number of nitrogens with one attached hydrogen (secondary N) is 2. The number of hydrogen-bond acceptors (Lipinski definition) is 3. The Kier molecular flexibility index (Phi) is 20.3. The van der Waals surface area contributed by atoms with Gasteiger partial charge in [0.2, 0.25) is 0 Å². The van der Waals surface area contributed by atoms with Crippen LogP contribution >= 0.6 is 9.24 Å². The van der Waals surface area contributed by atoms with E-state index >= 15 is 0 Å². The molecule has 5 nitrogen and oxygen atoms in total. The van der Waals surface area contributed by atoms with Gasteiger partial charge in [-0.15, -0.1) is 6.54 Å². The fraction of sp³-hybridized carbons (Fsp3) is 0.714. The zero-order chi connectivity index (χ0) is 10.9. The summed E-state index contributed by atoms with van der Waals surface area (Å²) < 4.78 is 4.73. The Bertz CT molecular complexity index is 163. The molecule has 0 saturated heterocycles. The SMILES string of the molecule is CC(C)OC(=O)CC[NH-].[K+].[NH-]C(=O)P. The van der Waals surface area contributed by atoms with Crippen molar-refractivity contribution in [1.82, 2.24) is 0 Å². The molecule has 0 spiro atoms. The van der Waals surface area contributed by atoms with Crippen molar-refractivity contribution in [3.63, 3.8) is 0 Å². The predicted octanol–water partition coefficient (Wildman–Crippen LogP) is -0.582. The van der Waals surface area contributed by atoms with Crippen LogP contribution < -0.4 is 51.4 Å². The third-order valence-electron chi connectivity index (χ3n) is 0.696. The van der Waals surface area contributed by atoms with E-state index in [9.17, 15) is 4.79 Å². The molecule has 2 N–H and O–H groups in total. The van der Waals surface area contributed by atoms with E-state index in [2.05, 4.69) is 0 Å². The average Bonchev–Trinajstić information content (AvgIpc) is 1.83. The van der Waals surface area contributed by atoms with Crippen molar-refractivity contribution in [2.45, 2.75) is 26.4 Å². The van der Waals surface area contributed by atoms with Crippen molar-refractivity contribution in [2.75, 3.05) is 6.54 Å². The van der Waals surface area contributed by atoms with Crippen LogP contribution in [0.4, 0.5) is 4.79 Å². The van der Waals surface area contributed by atoms with Gasteiger partial charge < -0.3 is 21.0 Å².